The summed E-state index contributed by atoms with van der Waals surface area (Å²) in [5, 5.41) is 3.80. The number of nitrogens with one attached hydrogen (secondary N) is 1. The largest absolute Gasteiger partial charge is 0.493 e. The van der Waals surface area contributed by atoms with Crippen molar-refractivity contribution in [3.63, 3.8) is 0 Å². The van der Waals surface area contributed by atoms with E-state index < -0.39 is 5.91 Å². The van der Waals surface area contributed by atoms with Crippen LogP contribution in [0.5, 0.6) is 11.5 Å². The lowest BCUT2D eigenvalue weighted by atomic mass is 10.0. The van der Waals surface area contributed by atoms with Gasteiger partial charge >= 0.3 is 0 Å². The maximum absolute atomic E-state index is 12.9. The Kier molecular flexibility index (Phi) is 8.01. The molecule has 1 aliphatic rings. The molecule has 1 fully saturated rings. The van der Waals surface area contributed by atoms with E-state index in [2.05, 4.69) is 10.2 Å². The minimum atomic E-state index is -0.646. The summed E-state index contributed by atoms with van der Waals surface area (Å²) >= 11 is 12.7. The molecule has 1 aliphatic heterocycles. The fourth-order valence-corrected chi connectivity index (χ4v) is 4.19. The summed E-state index contributed by atoms with van der Waals surface area (Å²) in [6.07, 6.45) is 2.24. The fourth-order valence-electron chi connectivity index (χ4n) is 3.66. The highest BCUT2D eigenvalue weighted by Crippen LogP contribution is 2.36. The van der Waals surface area contributed by atoms with Crippen molar-refractivity contribution in [1.82, 2.24) is 10.2 Å². The van der Waals surface area contributed by atoms with Crippen LogP contribution in [-0.4, -0.2) is 50.1 Å². The molecule has 1 unspecified atom stereocenters. The van der Waals surface area contributed by atoms with Gasteiger partial charge in [0, 0.05) is 17.1 Å². The van der Waals surface area contributed by atoms with Crippen molar-refractivity contribution >= 4 is 35.0 Å². The van der Waals surface area contributed by atoms with Crippen molar-refractivity contribution < 1.29 is 19.1 Å². The Bertz CT molecular complexity index is 948. The van der Waals surface area contributed by atoms with E-state index in [1.165, 1.54) is 19.2 Å². The highest BCUT2D eigenvalue weighted by atomic mass is 35.5. The number of nitrogens with two attached hydrogens (primary N) is 1. The van der Waals surface area contributed by atoms with Gasteiger partial charge in [0.15, 0.2) is 18.1 Å². The van der Waals surface area contributed by atoms with Crippen LogP contribution in [-0.2, 0) is 4.79 Å². The van der Waals surface area contributed by atoms with Crippen LogP contribution < -0.4 is 20.5 Å². The van der Waals surface area contributed by atoms with Crippen LogP contribution >= 0.6 is 23.2 Å². The third kappa shape index (κ3) is 5.81. The predicted octanol–water partition coefficient (Wildman–Crippen LogP) is 3.43. The Balaban J connectivity index is 1.77. The highest BCUT2D eigenvalue weighted by molar-refractivity contribution is 6.32. The molecule has 1 heterocycles. The number of benzene rings is 2. The van der Waals surface area contributed by atoms with Crippen LogP contribution in [0, 0.1) is 0 Å². The molecule has 3 N–H and O–H groups in total. The molecule has 1 saturated heterocycles. The first-order chi connectivity index (χ1) is 14.9. The van der Waals surface area contributed by atoms with Crippen LogP contribution in [0.4, 0.5) is 0 Å². The third-order valence-corrected chi connectivity index (χ3v) is 5.78. The molecule has 0 aliphatic carbocycles. The van der Waals surface area contributed by atoms with E-state index in [1.807, 2.05) is 24.3 Å². The molecule has 2 aromatic carbocycles. The number of carbonyl (C=O) groups is 2. The van der Waals surface area contributed by atoms with Gasteiger partial charge in [-0.1, -0.05) is 41.4 Å². The topological polar surface area (TPSA) is 93.9 Å². The van der Waals surface area contributed by atoms with Gasteiger partial charge in [-0.2, -0.15) is 0 Å². The summed E-state index contributed by atoms with van der Waals surface area (Å²) in [7, 11) is 1.42. The smallest absolute Gasteiger partial charge is 0.255 e. The molecule has 166 valence electrons. The van der Waals surface area contributed by atoms with Gasteiger partial charge in [-0.25, -0.2) is 0 Å². The molecule has 9 heteroatoms. The monoisotopic (exact) mass is 465 g/mol. The van der Waals surface area contributed by atoms with Crippen LogP contribution in [0.1, 0.15) is 34.8 Å². The Morgan fingerprint density at radius 1 is 1.16 bits per heavy atom. The van der Waals surface area contributed by atoms with Crippen LogP contribution in [0.3, 0.4) is 0 Å². The lowest BCUT2D eigenvalue weighted by Gasteiger charge is -2.29. The number of nitrogens with zero attached hydrogens (tertiary/aromatic N) is 1. The van der Waals surface area contributed by atoms with Crippen LogP contribution in [0.25, 0.3) is 0 Å². The second-order valence-electron chi connectivity index (χ2n) is 7.23. The van der Waals surface area contributed by atoms with E-state index in [0.717, 1.165) is 31.5 Å². The molecule has 7 nitrogen and oxygen atoms in total. The van der Waals surface area contributed by atoms with Gasteiger partial charge in [0.25, 0.3) is 11.8 Å². The first kappa shape index (κ1) is 23.2. The number of primary amides is 1. The van der Waals surface area contributed by atoms with E-state index in [-0.39, 0.29) is 35.1 Å². The number of likely N-dealkylation sites (tertiary alicyclic amines) is 1. The average Bonchev–Trinajstić information content (AvgIpc) is 3.28. The number of halogens is 2. The Hall–Kier alpha value is -2.48. The summed E-state index contributed by atoms with van der Waals surface area (Å²) in [6, 6.07) is 10.6. The summed E-state index contributed by atoms with van der Waals surface area (Å²) in [4.78, 5) is 26.2. The predicted molar refractivity (Wildman–Crippen MR) is 120 cm³/mol. The van der Waals surface area contributed by atoms with Gasteiger partial charge in [-0.15, -0.1) is 0 Å². The summed E-state index contributed by atoms with van der Waals surface area (Å²) in [5.41, 5.74) is 6.41. The number of hydrogen-bond donors (Lipinski definition) is 2. The number of rotatable bonds is 9. The summed E-state index contributed by atoms with van der Waals surface area (Å²) < 4.78 is 10.6. The Morgan fingerprint density at radius 2 is 1.87 bits per heavy atom. The molecule has 0 saturated carbocycles. The van der Waals surface area contributed by atoms with Crippen molar-refractivity contribution in [2.75, 3.05) is 33.4 Å². The van der Waals surface area contributed by atoms with Gasteiger partial charge in [0.2, 0.25) is 0 Å². The van der Waals surface area contributed by atoms with Gasteiger partial charge in [0.1, 0.15) is 0 Å². The zero-order valence-electron chi connectivity index (χ0n) is 17.2. The van der Waals surface area contributed by atoms with Crippen LogP contribution in [0.15, 0.2) is 36.4 Å². The van der Waals surface area contributed by atoms with Crippen molar-refractivity contribution in [1.29, 1.82) is 0 Å². The maximum Gasteiger partial charge on any atom is 0.255 e. The second kappa shape index (κ2) is 10.7. The minimum absolute atomic E-state index is 0.0318. The first-order valence-corrected chi connectivity index (χ1v) is 10.7. The van der Waals surface area contributed by atoms with E-state index in [4.69, 9.17) is 38.4 Å². The lowest BCUT2D eigenvalue weighted by Crippen LogP contribution is -2.37. The van der Waals surface area contributed by atoms with E-state index in [0.29, 0.717) is 17.1 Å². The van der Waals surface area contributed by atoms with Gasteiger partial charge in [-0.05, 0) is 49.7 Å². The van der Waals surface area contributed by atoms with E-state index >= 15 is 0 Å². The molecule has 3 rings (SSSR count). The molecular formula is C22H25Cl2N3O4. The quantitative estimate of drug-likeness (QED) is 0.591. The number of hydrogen-bond acceptors (Lipinski definition) is 5. The molecule has 31 heavy (non-hydrogen) atoms. The van der Waals surface area contributed by atoms with Gasteiger partial charge in [0.05, 0.1) is 18.2 Å². The Morgan fingerprint density at radius 3 is 2.52 bits per heavy atom. The lowest BCUT2D eigenvalue weighted by molar-refractivity contribution is -0.119. The fraction of sp³-hybridized carbons (Fsp3) is 0.364. The minimum Gasteiger partial charge on any atom is -0.493 e. The zero-order valence-corrected chi connectivity index (χ0v) is 18.7. The maximum atomic E-state index is 12.9. The van der Waals surface area contributed by atoms with Gasteiger partial charge in [-0.3, -0.25) is 14.5 Å². The molecule has 0 spiro atoms. The molecule has 0 bridgehead atoms. The molecule has 0 aromatic heterocycles. The number of carbonyl (C=O) groups excluding carboxylic acids is 2. The SMILES string of the molecule is COc1cc(C(=O)NCC(c2ccccc2Cl)N2CCCC2)cc(Cl)c1OCC(N)=O. The molecule has 0 radical (unpaired) electrons. The van der Waals surface area contributed by atoms with Crippen molar-refractivity contribution in [2.45, 2.75) is 18.9 Å². The summed E-state index contributed by atoms with van der Waals surface area (Å²) in [6.45, 7) is 1.95. The van der Waals surface area contributed by atoms with Crippen molar-refractivity contribution in [2.24, 2.45) is 5.73 Å². The number of ether oxygens (including phenoxy) is 2. The standard InChI is InChI=1S/C22H25Cl2N3O4/c1-30-19-11-14(10-17(24)21(19)31-13-20(25)28)22(29)26-12-18(27-8-4-5-9-27)15-6-2-3-7-16(15)23/h2-3,6-7,10-11,18H,4-5,8-9,12-13H2,1H3,(H2,25,28)(H,26,29). The molecule has 1 atom stereocenters. The number of amides is 2. The van der Waals surface area contributed by atoms with Crippen molar-refractivity contribution in [3.05, 3.63) is 57.6 Å². The highest BCUT2D eigenvalue weighted by Gasteiger charge is 2.26. The van der Waals surface area contributed by atoms with Crippen LogP contribution in [0.2, 0.25) is 10.0 Å². The van der Waals surface area contributed by atoms with Crippen molar-refractivity contribution in [3.8, 4) is 11.5 Å². The average molecular weight is 466 g/mol. The molecule has 2 aromatic rings. The zero-order chi connectivity index (χ0) is 22.4. The number of methoxy groups -OCH3 is 1. The van der Waals surface area contributed by atoms with E-state index in [9.17, 15) is 9.59 Å². The molecular weight excluding hydrogens is 441 g/mol. The first-order valence-electron chi connectivity index (χ1n) is 9.96. The summed E-state index contributed by atoms with van der Waals surface area (Å²) in [5.74, 6) is -0.558. The van der Waals surface area contributed by atoms with Gasteiger partial charge < -0.3 is 20.5 Å². The Labute approximate surface area is 191 Å². The third-order valence-electron chi connectivity index (χ3n) is 5.15. The normalized spacial score (nSPS) is 14.8. The molecule has 2 amide bonds. The van der Waals surface area contributed by atoms with E-state index in [1.54, 1.807) is 0 Å². The second-order valence-corrected chi connectivity index (χ2v) is 8.05.